The fraction of sp³-hybridized carbons (Fsp3) is 0.636. The molecular weight excluding hydrogens is 192 g/mol. The molecule has 2 amide bonds. The largest absolute Gasteiger partial charge is 0.349 e. The third-order valence-corrected chi connectivity index (χ3v) is 2.77. The highest BCUT2D eigenvalue weighted by molar-refractivity contribution is 5.87. The van der Waals surface area contributed by atoms with Crippen LogP contribution in [0.3, 0.4) is 0 Å². The van der Waals surface area contributed by atoms with E-state index in [9.17, 15) is 9.59 Å². The van der Waals surface area contributed by atoms with Gasteiger partial charge in [0.15, 0.2) is 0 Å². The average Bonchev–Trinajstić information content (AvgIpc) is 2.27. The lowest BCUT2D eigenvalue weighted by Crippen LogP contribution is -2.42. The normalized spacial score (nSPS) is 17.3. The Morgan fingerprint density at radius 1 is 1.33 bits per heavy atom. The Balaban J connectivity index is 2.45. The van der Waals surface area contributed by atoms with Crippen molar-refractivity contribution in [3.05, 3.63) is 12.7 Å². The minimum atomic E-state index is -0.0363. The van der Waals surface area contributed by atoms with Crippen molar-refractivity contribution in [2.24, 2.45) is 5.92 Å². The summed E-state index contributed by atoms with van der Waals surface area (Å²) in [6.07, 6.45) is 2.85. The molecule has 0 N–H and O–H groups in total. The van der Waals surface area contributed by atoms with Crippen LogP contribution in [0, 0.1) is 5.92 Å². The molecule has 1 heterocycles. The van der Waals surface area contributed by atoms with Crippen molar-refractivity contribution in [3.8, 4) is 0 Å². The van der Waals surface area contributed by atoms with Crippen LogP contribution in [0.2, 0.25) is 0 Å². The molecule has 84 valence electrons. The second-order valence-electron chi connectivity index (χ2n) is 4.04. The van der Waals surface area contributed by atoms with Gasteiger partial charge in [0.1, 0.15) is 0 Å². The Hall–Kier alpha value is -1.32. The number of hydrogen-bond acceptors (Lipinski definition) is 2. The van der Waals surface area contributed by atoms with Crippen molar-refractivity contribution < 1.29 is 9.59 Å². The maximum atomic E-state index is 11.6. The van der Waals surface area contributed by atoms with Crippen LogP contribution in [-0.2, 0) is 9.59 Å². The predicted molar refractivity (Wildman–Crippen MR) is 58.2 cm³/mol. The summed E-state index contributed by atoms with van der Waals surface area (Å²) in [6.45, 7) is 4.78. The Morgan fingerprint density at radius 3 is 2.27 bits per heavy atom. The topological polar surface area (TPSA) is 40.6 Å². The minimum absolute atomic E-state index is 0.0363. The van der Waals surface area contributed by atoms with Gasteiger partial charge in [-0.15, -0.1) is 0 Å². The zero-order chi connectivity index (χ0) is 11.4. The predicted octanol–water partition coefficient (Wildman–Crippen LogP) is 0.499. The van der Waals surface area contributed by atoms with E-state index in [4.69, 9.17) is 0 Å². The lowest BCUT2D eigenvalue weighted by Gasteiger charge is -2.31. The molecule has 0 aromatic carbocycles. The minimum Gasteiger partial charge on any atom is -0.349 e. The molecule has 4 heteroatoms. The maximum Gasteiger partial charge on any atom is 0.245 e. The Labute approximate surface area is 90.5 Å². The van der Waals surface area contributed by atoms with E-state index in [1.54, 1.807) is 23.9 Å². The van der Waals surface area contributed by atoms with Crippen LogP contribution >= 0.6 is 0 Å². The zero-order valence-electron chi connectivity index (χ0n) is 9.40. The third-order valence-electron chi connectivity index (χ3n) is 2.77. The van der Waals surface area contributed by atoms with E-state index in [1.165, 1.54) is 6.08 Å². The Bertz CT molecular complexity index is 266. The van der Waals surface area contributed by atoms with Gasteiger partial charge in [-0.05, 0) is 18.9 Å². The lowest BCUT2D eigenvalue weighted by molar-refractivity contribution is -0.137. The van der Waals surface area contributed by atoms with Crippen molar-refractivity contribution in [1.29, 1.82) is 0 Å². The van der Waals surface area contributed by atoms with Crippen LogP contribution in [0.1, 0.15) is 12.8 Å². The van der Waals surface area contributed by atoms with E-state index in [1.807, 2.05) is 0 Å². The molecule has 0 saturated carbocycles. The monoisotopic (exact) mass is 210 g/mol. The van der Waals surface area contributed by atoms with E-state index >= 15 is 0 Å². The number of amides is 2. The maximum absolute atomic E-state index is 11.6. The SMILES string of the molecule is C=CC(=O)N1CCC(C(=O)N(C)C)CC1. The fourth-order valence-corrected chi connectivity index (χ4v) is 1.84. The smallest absolute Gasteiger partial charge is 0.245 e. The van der Waals surface area contributed by atoms with Gasteiger partial charge >= 0.3 is 0 Å². The molecule has 1 rings (SSSR count). The number of nitrogens with zero attached hydrogens (tertiary/aromatic N) is 2. The van der Waals surface area contributed by atoms with E-state index in [0.717, 1.165) is 12.8 Å². The summed E-state index contributed by atoms with van der Waals surface area (Å²) >= 11 is 0. The summed E-state index contributed by atoms with van der Waals surface area (Å²) in [5.41, 5.74) is 0. The van der Waals surface area contributed by atoms with Crippen molar-refractivity contribution in [1.82, 2.24) is 9.80 Å². The summed E-state index contributed by atoms with van der Waals surface area (Å²) in [6, 6.07) is 0. The van der Waals surface area contributed by atoms with Gasteiger partial charge in [0.25, 0.3) is 0 Å². The van der Waals surface area contributed by atoms with Gasteiger partial charge in [-0.1, -0.05) is 6.58 Å². The first-order chi connectivity index (χ1) is 7.06. The summed E-state index contributed by atoms with van der Waals surface area (Å²) in [5.74, 6) is 0.209. The van der Waals surface area contributed by atoms with Gasteiger partial charge in [0, 0.05) is 33.1 Å². The first-order valence-corrected chi connectivity index (χ1v) is 5.18. The second kappa shape index (κ2) is 4.96. The molecular formula is C11H18N2O2. The number of likely N-dealkylation sites (tertiary alicyclic amines) is 1. The van der Waals surface area contributed by atoms with Gasteiger partial charge in [0.05, 0.1) is 0 Å². The molecule has 0 bridgehead atoms. The van der Waals surface area contributed by atoms with E-state index < -0.39 is 0 Å². The number of carbonyl (C=O) groups is 2. The van der Waals surface area contributed by atoms with E-state index in [0.29, 0.717) is 13.1 Å². The molecule has 1 aliphatic heterocycles. The molecule has 0 spiro atoms. The summed E-state index contributed by atoms with van der Waals surface area (Å²) in [5, 5.41) is 0. The summed E-state index contributed by atoms with van der Waals surface area (Å²) in [7, 11) is 3.53. The molecule has 4 nitrogen and oxygen atoms in total. The number of rotatable bonds is 2. The first kappa shape index (κ1) is 11.8. The highest BCUT2D eigenvalue weighted by atomic mass is 16.2. The highest BCUT2D eigenvalue weighted by Gasteiger charge is 2.27. The Morgan fingerprint density at radius 2 is 1.87 bits per heavy atom. The summed E-state index contributed by atoms with van der Waals surface area (Å²) in [4.78, 5) is 26.3. The molecule has 1 saturated heterocycles. The molecule has 1 fully saturated rings. The molecule has 0 atom stereocenters. The van der Waals surface area contributed by atoms with Crippen LogP contribution in [0.25, 0.3) is 0 Å². The van der Waals surface area contributed by atoms with Crippen LogP contribution in [0.5, 0.6) is 0 Å². The van der Waals surface area contributed by atoms with E-state index in [2.05, 4.69) is 6.58 Å². The van der Waals surface area contributed by atoms with Crippen LogP contribution in [0.15, 0.2) is 12.7 Å². The molecule has 0 unspecified atom stereocenters. The van der Waals surface area contributed by atoms with Crippen molar-refractivity contribution >= 4 is 11.8 Å². The standard InChI is InChI=1S/C11H18N2O2/c1-4-10(14)13-7-5-9(6-8-13)11(15)12(2)3/h4,9H,1,5-8H2,2-3H3. The lowest BCUT2D eigenvalue weighted by atomic mass is 9.95. The average molecular weight is 210 g/mol. The van der Waals surface area contributed by atoms with Crippen LogP contribution < -0.4 is 0 Å². The van der Waals surface area contributed by atoms with Crippen molar-refractivity contribution in [2.45, 2.75) is 12.8 Å². The van der Waals surface area contributed by atoms with Gasteiger partial charge in [-0.3, -0.25) is 9.59 Å². The van der Waals surface area contributed by atoms with E-state index in [-0.39, 0.29) is 17.7 Å². The fourth-order valence-electron chi connectivity index (χ4n) is 1.84. The highest BCUT2D eigenvalue weighted by Crippen LogP contribution is 2.18. The van der Waals surface area contributed by atoms with Crippen LogP contribution in [-0.4, -0.2) is 48.8 Å². The second-order valence-corrected chi connectivity index (χ2v) is 4.04. The molecule has 0 radical (unpaired) electrons. The Kier molecular flexibility index (Phi) is 3.88. The van der Waals surface area contributed by atoms with Gasteiger partial charge in [-0.25, -0.2) is 0 Å². The first-order valence-electron chi connectivity index (χ1n) is 5.18. The quantitative estimate of drug-likeness (QED) is 0.623. The van der Waals surface area contributed by atoms with Gasteiger partial charge in [-0.2, -0.15) is 0 Å². The number of hydrogen-bond donors (Lipinski definition) is 0. The number of carbonyl (C=O) groups excluding carboxylic acids is 2. The molecule has 15 heavy (non-hydrogen) atoms. The van der Waals surface area contributed by atoms with Gasteiger partial charge in [0.2, 0.25) is 11.8 Å². The van der Waals surface area contributed by atoms with Crippen molar-refractivity contribution in [2.75, 3.05) is 27.2 Å². The van der Waals surface area contributed by atoms with Crippen molar-refractivity contribution in [3.63, 3.8) is 0 Å². The summed E-state index contributed by atoms with van der Waals surface area (Å²) < 4.78 is 0. The number of piperidine rings is 1. The molecule has 0 aliphatic carbocycles. The molecule has 0 aromatic rings. The third kappa shape index (κ3) is 2.81. The molecule has 0 aromatic heterocycles. The molecule has 1 aliphatic rings. The van der Waals surface area contributed by atoms with Gasteiger partial charge < -0.3 is 9.80 Å². The van der Waals surface area contributed by atoms with Crippen LogP contribution in [0.4, 0.5) is 0 Å². The zero-order valence-corrected chi connectivity index (χ0v) is 9.40.